The second-order valence-corrected chi connectivity index (χ2v) is 3.87. The third-order valence-electron chi connectivity index (χ3n) is 2.42. The van der Waals surface area contributed by atoms with Crippen molar-refractivity contribution >= 4 is 5.97 Å². The van der Waals surface area contributed by atoms with Gasteiger partial charge in [-0.2, -0.15) is 0 Å². The van der Waals surface area contributed by atoms with E-state index in [1.165, 1.54) is 12.3 Å². The minimum Gasteiger partial charge on any atom is -0.478 e. The Morgan fingerprint density at radius 1 is 1.35 bits per heavy atom. The van der Waals surface area contributed by atoms with Crippen LogP contribution < -0.4 is 0 Å². The van der Waals surface area contributed by atoms with Crippen LogP contribution in [0.4, 0.5) is 0 Å². The van der Waals surface area contributed by atoms with Gasteiger partial charge in [0, 0.05) is 12.1 Å². The summed E-state index contributed by atoms with van der Waals surface area (Å²) in [6.45, 7) is 1.12. The van der Waals surface area contributed by atoms with Gasteiger partial charge in [0.1, 0.15) is 11.3 Å². The molecule has 0 spiro atoms. The summed E-state index contributed by atoms with van der Waals surface area (Å²) in [5, 5.41) is 8.93. The van der Waals surface area contributed by atoms with Gasteiger partial charge in [0.05, 0.1) is 25.3 Å². The van der Waals surface area contributed by atoms with E-state index in [0.29, 0.717) is 18.8 Å². The smallest absolute Gasteiger partial charge is 0.339 e. The average Bonchev–Trinajstić information content (AvgIpc) is 2.88. The van der Waals surface area contributed by atoms with Crippen LogP contribution in [-0.4, -0.2) is 23.0 Å². The Kier molecular flexibility index (Phi) is 3.30. The summed E-state index contributed by atoms with van der Waals surface area (Å²) >= 11 is 0. The predicted octanol–water partition coefficient (Wildman–Crippen LogP) is 2.20. The first-order valence-corrected chi connectivity index (χ1v) is 5.16. The number of carbonyl (C=O) groups is 1. The van der Waals surface area contributed by atoms with Gasteiger partial charge in [-0.05, 0) is 19.2 Å². The van der Waals surface area contributed by atoms with Crippen molar-refractivity contribution in [2.45, 2.75) is 13.1 Å². The number of carboxylic acids is 1. The molecule has 0 aliphatic rings. The Morgan fingerprint density at radius 3 is 2.82 bits per heavy atom. The third kappa shape index (κ3) is 2.76. The van der Waals surface area contributed by atoms with E-state index < -0.39 is 5.97 Å². The predicted molar refractivity (Wildman–Crippen MR) is 59.5 cm³/mol. The van der Waals surface area contributed by atoms with E-state index >= 15 is 0 Å². The van der Waals surface area contributed by atoms with Gasteiger partial charge in [-0.1, -0.05) is 0 Å². The molecule has 0 aromatic carbocycles. The van der Waals surface area contributed by atoms with E-state index in [1.807, 2.05) is 18.0 Å². The maximum Gasteiger partial charge on any atom is 0.339 e. The standard InChI is InChI=1S/C12H13NO4/c1-13(6-9-2-4-16-8-9)7-11-10(12(14)15)3-5-17-11/h2-5,8H,6-7H2,1H3,(H,14,15). The lowest BCUT2D eigenvalue weighted by atomic mass is 10.2. The Balaban J connectivity index is 2.00. The van der Waals surface area contributed by atoms with E-state index in [1.54, 1.807) is 12.5 Å². The zero-order chi connectivity index (χ0) is 12.3. The summed E-state index contributed by atoms with van der Waals surface area (Å²) in [5.74, 6) is -0.506. The zero-order valence-corrected chi connectivity index (χ0v) is 9.42. The fourth-order valence-electron chi connectivity index (χ4n) is 1.65. The van der Waals surface area contributed by atoms with E-state index in [-0.39, 0.29) is 5.56 Å². The summed E-state index contributed by atoms with van der Waals surface area (Å²) < 4.78 is 10.1. The zero-order valence-electron chi connectivity index (χ0n) is 9.42. The lowest BCUT2D eigenvalue weighted by molar-refractivity contribution is 0.0693. The van der Waals surface area contributed by atoms with Crippen LogP contribution in [0, 0.1) is 0 Å². The molecule has 0 amide bonds. The van der Waals surface area contributed by atoms with Crippen LogP contribution in [0.1, 0.15) is 21.7 Å². The molecule has 2 aromatic rings. The quantitative estimate of drug-likeness (QED) is 0.860. The molecule has 2 rings (SSSR count). The van der Waals surface area contributed by atoms with Crippen molar-refractivity contribution in [1.29, 1.82) is 0 Å². The summed E-state index contributed by atoms with van der Waals surface area (Å²) in [6.07, 6.45) is 4.67. The van der Waals surface area contributed by atoms with Crippen molar-refractivity contribution < 1.29 is 18.7 Å². The van der Waals surface area contributed by atoms with Crippen molar-refractivity contribution in [3.63, 3.8) is 0 Å². The molecule has 1 N–H and O–H groups in total. The molecule has 2 heterocycles. The van der Waals surface area contributed by atoms with E-state index in [0.717, 1.165) is 5.56 Å². The van der Waals surface area contributed by atoms with E-state index in [2.05, 4.69) is 0 Å². The highest BCUT2D eigenvalue weighted by atomic mass is 16.4. The number of furan rings is 2. The normalized spacial score (nSPS) is 10.9. The minimum absolute atomic E-state index is 0.212. The van der Waals surface area contributed by atoms with Crippen molar-refractivity contribution in [1.82, 2.24) is 4.90 Å². The molecule has 0 saturated heterocycles. The van der Waals surface area contributed by atoms with Crippen molar-refractivity contribution in [2.24, 2.45) is 0 Å². The van der Waals surface area contributed by atoms with Crippen molar-refractivity contribution in [3.05, 3.63) is 47.8 Å². The lowest BCUT2D eigenvalue weighted by Crippen LogP contribution is -2.18. The van der Waals surface area contributed by atoms with Gasteiger partial charge < -0.3 is 13.9 Å². The molecular formula is C12H13NO4. The largest absolute Gasteiger partial charge is 0.478 e. The highest BCUT2D eigenvalue weighted by molar-refractivity contribution is 5.88. The van der Waals surface area contributed by atoms with E-state index in [4.69, 9.17) is 13.9 Å². The average molecular weight is 235 g/mol. The van der Waals surface area contributed by atoms with Crippen molar-refractivity contribution in [3.8, 4) is 0 Å². The number of nitrogens with zero attached hydrogens (tertiary/aromatic N) is 1. The molecule has 0 aliphatic carbocycles. The third-order valence-corrected chi connectivity index (χ3v) is 2.42. The van der Waals surface area contributed by atoms with E-state index in [9.17, 15) is 4.79 Å². The Morgan fingerprint density at radius 2 is 2.18 bits per heavy atom. The first kappa shape index (κ1) is 11.5. The topological polar surface area (TPSA) is 66.8 Å². The van der Waals surface area contributed by atoms with Crippen LogP contribution in [0.25, 0.3) is 0 Å². The molecule has 0 atom stereocenters. The second-order valence-electron chi connectivity index (χ2n) is 3.87. The molecule has 90 valence electrons. The molecule has 17 heavy (non-hydrogen) atoms. The molecular weight excluding hydrogens is 222 g/mol. The molecule has 0 bridgehead atoms. The molecule has 0 saturated carbocycles. The molecule has 5 heteroatoms. The van der Waals surface area contributed by atoms with Crippen molar-refractivity contribution in [2.75, 3.05) is 7.05 Å². The summed E-state index contributed by atoms with van der Waals surface area (Å²) in [5.41, 5.74) is 1.25. The minimum atomic E-state index is -0.967. The number of carboxylic acid groups (broad SMARTS) is 1. The van der Waals surface area contributed by atoms with Gasteiger partial charge in [0.2, 0.25) is 0 Å². The van der Waals surface area contributed by atoms with Gasteiger partial charge >= 0.3 is 5.97 Å². The Hall–Kier alpha value is -2.01. The van der Waals surface area contributed by atoms with Crippen LogP contribution in [0.3, 0.4) is 0 Å². The fourth-order valence-corrected chi connectivity index (χ4v) is 1.65. The SMILES string of the molecule is CN(Cc1ccoc1)Cc1occc1C(=O)O. The first-order chi connectivity index (χ1) is 8.16. The highest BCUT2D eigenvalue weighted by Crippen LogP contribution is 2.14. The molecule has 0 radical (unpaired) electrons. The number of hydrogen-bond acceptors (Lipinski definition) is 4. The molecule has 0 unspecified atom stereocenters. The van der Waals surface area contributed by atoms with Crippen LogP contribution >= 0.6 is 0 Å². The first-order valence-electron chi connectivity index (χ1n) is 5.16. The molecule has 0 aliphatic heterocycles. The van der Waals surface area contributed by atoms with Gasteiger partial charge in [-0.25, -0.2) is 4.79 Å². The van der Waals surface area contributed by atoms with Gasteiger partial charge in [-0.3, -0.25) is 4.90 Å². The monoisotopic (exact) mass is 235 g/mol. The fraction of sp³-hybridized carbons (Fsp3) is 0.250. The number of aromatic carboxylic acids is 1. The second kappa shape index (κ2) is 4.88. The van der Waals surface area contributed by atoms with Gasteiger partial charge in [0.25, 0.3) is 0 Å². The Labute approximate surface area is 98.3 Å². The summed E-state index contributed by atoms with van der Waals surface area (Å²) in [6, 6.07) is 3.33. The van der Waals surface area contributed by atoms with Crippen LogP contribution in [0.5, 0.6) is 0 Å². The summed E-state index contributed by atoms with van der Waals surface area (Å²) in [4.78, 5) is 12.8. The van der Waals surface area contributed by atoms with Gasteiger partial charge in [0.15, 0.2) is 0 Å². The number of rotatable bonds is 5. The Bertz CT molecular complexity index is 486. The maximum absolute atomic E-state index is 10.9. The maximum atomic E-state index is 10.9. The lowest BCUT2D eigenvalue weighted by Gasteiger charge is -2.14. The molecule has 2 aromatic heterocycles. The molecule has 5 nitrogen and oxygen atoms in total. The highest BCUT2D eigenvalue weighted by Gasteiger charge is 2.15. The van der Waals surface area contributed by atoms with Gasteiger partial charge in [-0.15, -0.1) is 0 Å². The molecule has 0 fully saturated rings. The van der Waals surface area contributed by atoms with Crippen LogP contribution in [0.15, 0.2) is 39.8 Å². The number of hydrogen-bond donors (Lipinski definition) is 1. The van der Waals surface area contributed by atoms with Crippen LogP contribution in [0.2, 0.25) is 0 Å². The summed E-state index contributed by atoms with van der Waals surface area (Å²) in [7, 11) is 1.89. The van der Waals surface area contributed by atoms with Crippen LogP contribution in [-0.2, 0) is 13.1 Å².